The third-order valence-corrected chi connectivity index (χ3v) is 4.82. The SMILES string of the molecule is CCCN(CCC)C(=O)c1ccccc1NC(=O)Cn1c(C)cc(C)c(C#N)c1=O. The zero-order chi connectivity index (χ0) is 22.3. The smallest absolute Gasteiger partial charge is 0.269 e. The molecule has 0 fully saturated rings. The van der Waals surface area contributed by atoms with E-state index in [2.05, 4.69) is 5.32 Å². The number of carbonyl (C=O) groups excluding carboxylic acids is 2. The molecule has 7 heteroatoms. The minimum Gasteiger partial charge on any atom is -0.339 e. The maximum absolute atomic E-state index is 13.0. The number of carbonyl (C=O) groups is 2. The van der Waals surface area contributed by atoms with Crippen LogP contribution in [0.4, 0.5) is 5.69 Å². The molecule has 0 bridgehead atoms. The van der Waals surface area contributed by atoms with Gasteiger partial charge in [0.1, 0.15) is 18.2 Å². The fraction of sp³-hybridized carbons (Fsp3) is 0.391. The van der Waals surface area contributed by atoms with Gasteiger partial charge in [0, 0.05) is 18.8 Å². The Morgan fingerprint density at radius 1 is 1.13 bits per heavy atom. The summed E-state index contributed by atoms with van der Waals surface area (Å²) in [5.74, 6) is -0.573. The van der Waals surface area contributed by atoms with Gasteiger partial charge >= 0.3 is 0 Å². The monoisotopic (exact) mass is 408 g/mol. The molecule has 158 valence electrons. The zero-order valence-electron chi connectivity index (χ0n) is 18.0. The number of nitriles is 1. The molecule has 1 aromatic heterocycles. The van der Waals surface area contributed by atoms with Crippen molar-refractivity contribution in [3.63, 3.8) is 0 Å². The van der Waals surface area contributed by atoms with Crippen LogP contribution in [0.3, 0.4) is 0 Å². The van der Waals surface area contributed by atoms with Crippen molar-refractivity contribution in [3.05, 3.63) is 63.1 Å². The molecule has 0 radical (unpaired) electrons. The van der Waals surface area contributed by atoms with Gasteiger partial charge in [0.05, 0.1) is 11.3 Å². The molecule has 1 aromatic carbocycles. The normalized spacial score (nSPS) is 10.4. The molecule has 0 saturated heterocycles. The van der Waals surface area contributed by atoms with E-state index in [-0.39, 0.29) is 18.0 Å². The first kappa shape index (κ1) is 22.9. The maximum Gasteiger partial charge on any atom is 0.269 e. The van der Waals surface area contributed by atoms with Gasteiger partial charge in [0.2, 0.25) is 5.91 Å². The van der Waals surface area contributed by atoms with Gasteiger partial charge in [-0.25, -0.2) is 0 Å². The summed E-state index contributed by atoms with van der Waals surface area (Å²) in [6, 6.07) is 10.5. The summed E-state index contributed by atoms with van der Waals surface area (Å²) < 4.78 is 1.27. The first-order chi connectivity index (χ1) is 14.3. The zero-order valence-corrected chi connectivity index (χ0v) is 18.0. The van der Waals surface area contributed by atoms with Gasteiger partial charge in [-0.3, -0.25) is 14.4 Å². The van der Waals surface area contributed by atoms with Crippen LogP contribution in [0.1, 0.15) is 53.9 Å². The van der Waals surface area contributed by atoms with Crippen LogP contribution in [0, 0.1) is 25.2 Å². The Kier molecular flexibility index (Phi) is 7.93. The number of amides is 2. The molecule has 2 rings (SSSR count). The first-order valence-corrected chi connectivity index (χ1v) is 10.1. The van der Waals surface area contributed by atoms with Crippen LogP contribution in [0.15, 0.2) is 35.1 Å². The number of nitrogens with one attached hydrogen (secondary N) is 1. The third-order valence-electron chi connectivity index (χ3n) is 4.82. The van der Waals surface area contributed by atoms with E-state index in [9.17, 15) is 19.6 Å². The number of benzene rings is 1. The molecule has 0 atom stereocenters. The molecule has 0 unspecified atom stereocenters. The number of hydrogen-bond acceptors (Lipinski definition) is 4. The number of aryl methyl sites for hydroxylation is 2. The van der Waals surface area contributed by atoms with E-state index >= 15 is 0 Å². The molecule has 0 saturated carbocycles. The van der Waals surface area contributed by atoms with Crippen LogP contribution in [0.25, 0.3) is 0 Å². The maximum atomic E-state index is 13.0. The number of rotatable bonds is 8. The van der Waals surface area contributed by atoms with Crippen molar-refractivity contribution in [1.82, 2.24) is 9.47 Å². The minimum absolute atomic E-state index is 0.0266. The van der Waals surface area contributed by atoms with Gasteiger partial charge in [-0.1, -0.05) is 26.0 Å². The molecular formula is C23H28N4O3. The summed E-state index contributed by atoms with van der Waals surface area (Å²) in [7, 11) is 0. The Bertz CT molecular complexity index is 1030. The topological polar surface area (TPSA) is 95.2 Å². The summed E-state index contributed by atoms with van der Waals surface area (Å²) in [5, 5.41) is 12.0. The van der Waals surface area contributed by atoms with E-state index in [4.69, 9.17) is 0 Å². The third kappa shape index (κ3) is 5.15. The molecule has 0 aliphatic rings. The summed E-state index contributed by atoms with van der Waals surface area (Å²) >= 11 is 0. The number of anilines is 1. The summed E-state index contributed by atoms with van der Waals surface area (Å²) in [6.45, 7) is 8.48. The second-order valence-electron chi connectivity index (χ2n) is 7.23. The lowest BCUT2D eigenvalue weighted by Gasteiger charge is -2.23. The summed E-state index contributed by atoms with van der Waals surface area (Å²) in [4.78, 5) is 40.0. The fourth-order valence-corrected chi connectivity index (χ4v) is 3.40. The van der Waals surface area contributed by atoms with Crippen LogP contribution < -0.4 is 10.9 Å². The molecule has 0 aliphatic carbocycles. The van der Waals surface area contributed by atoms with E-state index in [1.165, 1.54) is 4.57 Å². The van der Waals surface area contributed by atoms with Crippen molar-refractivity contribution in [2.24, 2.45) is 0 Å². The Morgan fingerprint density at radius 2 is 1.77 bits per heavy atom. The molecule has 2 amide bonds. The number of aromatic nitrogens is 1. The van der Waals surface area contributed by atoms with Crippen molar-refractivity contribution >= 4 is 17.5 Å². The van der Waals surface area contributed by atoms with Crippen molar-refractivity contribution in [2.45, 2.75) is 47.1 Å². The molecule has 30 heavy (non-hydrogen) atoms. The number of nitrogens with zero attached hydrogens (tertiary/aromatic N) is 3. The van der Waals surface area contributed by atoms with E-state index in [0.29, 0.717) is 35.6 Å². The van der Waals surface area contributed by atoms with Crippen molar-refractivity contribution in [2.75, 3.05) is 18.4 Å². The highest BCUT2D eigenvalue weighted by Crippen LogP contribution is 2.18. The predicted molar refractivity (Wildman–Crippen MR) is 116 cm³/mol. The fourth-order valence-electron chi connectivity index (χ4n) is 3.40. The highest BCUT2D eigenvalue weighted by Gasteiger charge is 2.19. The van der Waals surface area contributed by atoms with Crippen molar-refractivity contribution < 1.29 is 9.59 Å². The first-order valence-electron chi connectivity index (χ1n) is 10.1. The molecule has 0 spiro atoms. The number of para-hydroxylation sites is 1. The minimum atomic E-state index is -0.494. The Balaban J connectivity index is 2.29. The Morgan fingerprint density at radius 3 is 2.37 bits per heavy atom. The van der Waals surface area contributed by atoms with Crippen LogP contribution in [0.5, 0.6) is 0 Å². The van der Waals surface area contributed by atoms with E-state index in [1.54, 1.807) is 49.1 Å². The lowest BCUT2D eigenvalue weighted by molar-refractivity contribution is -0.116. The molecule has 2 aromatic rings. The van der Waals surface area contributed by atoms with Gasteiger partial charge in [0.25, 0.3) is 11.5 Å². The molecule has 0 aliphatic heterocycles. The molecule has 7 nitrogen and oxygen atoms in total. The van der Waals surface area contributed by atoms with Crippen LogP contribution in [-0.2, 0) is 11.3 Å². The van der Waals surface area contributed by atoms with E-state index in [0.717, 1.165) is 12.8 Å². The lowest BCUT2D eigenvalue weighted by Crippen LogP contribution is -2.34. The van der Waals surface area contributed by atoms with Crippen LogP contribution in [-0.4, -0.2) is 34.4 Å². The van der Waals surface area contributed by atoms with E-state index < -0.39 is 11.5 Å². The summed E-state index contributed by atoms with van der Waals surface area (Å²) in [6.07, 6.45) is 1.69. The highest BCUT2D eigenvalue weighted by atomic mass is 16.2. The second kappa shape index (κ2) is 10.4. The molecular weight excluding hydrogens is 380 g/mol. The number of hydrogen-bond donors (Lipinski definition) is 1. The van der Waals surface area contributed by atoms with Crippen LogP contribution in [0.2, 0.25) is 0 Å². The average molecular weight is 409 g/mol. The Labute approximate surface area is 176 Å². The number of pyridine rings is 1. The van der Waals surface area contributed by atoms with Crippen molar-refractivity contribution in [1.29, 1.82) is 5.26 Å². The average Bonchev–Trinajstić information content (AvgIpc) is 2.71. The van der Waals surface area contributed by atoms with Crippen molar-refractivity contribution in [3.8, 4) is 6.07 Å². The lowest BCUT2D eigenvalue weighted by atomic mass is 10.1. The predicted octanol–water partition coefficient (Wildman–Crippen LogP) is 3.24. The van der Waals surface area contributed by atoms with Gasteiger partial charge in [-0.05, 0) is 50.5 Å². The highest BCUT2D eigenvalue weighted by molar-refractivity contribution is 6.03. The van der Waals surface area contributed by atoms with Gasteiger partial charge in [-0.2, -0.15) is 5.26 Å². The summed E-state index contributed by atoms with van der Waals surface area (Å²) in [5.41, 5.74) is 1.53. The second-order valence-corrected chi connectivity index (χ2v) is 7.23. The molecule has 1 N–H and O–H groups in total. The van der Waals surface area contributed by atoms with Crippen LogP contribution >= 0.6 is 0 Å². The largest absolute Gasteiger partial charge is 0.339 e. The quantitative estimate of drug-likeness (QED) is 0.725. The Hall–Kier alpha value is -3.40. The van der Waals surface area contributed by atoms with E-state index in [1.807, 2.05) is 19.9 Å². The standard InChI is InChI=1S/C23H28N4O3/c1-5-11-26(12-6-2)22(29)18-9-7-8-10-20(18)25-21(28)15-27-17(4)13-16(3)19(14-24)23(27)30/h7-10,13H,5-6,11-12,15H2,1-4H3,(H,25,28). The van der Waals surface area contributed by atoms with Gasteiger partial charge in [0.15, 0.2) is 0 Å². The molecule has 1 heterocycles. The van der Waals surface area contributed by atoms with Gasteiger partial charge < -0.3 is 14.8 Å². The van der Waals surface area contributed by atoms with Gasteiger partial charge in [-0.15, -0.1) is 0 Å².